The predicted octanol–water partition coefficient (Wildman–Crippen LogP) is 4.20. The molecule has 0 bridgehead atoms. The summed E-state index contributed by atoms with van der Waals surface area (Å²) in [6, 6.07) is 24.8. The topological polar surface area (TPSA) is 55.8 Å². The Morgan fingerprint density at radius 1 is 0.867 bits per heavy atom. The summed E-state index contributed by atoms with van der Waals surface area (Å²) in [6.07, 6.45) is 0. The van der Waals surface area contributed by atoms with Gasteiger partial charge in [0.1, 0.15) is 11.8 Å². The minimum absolute atomic E-state index is 0.0110. The molecule has 30 heavy (non-hydrogen) atoms. The SMILES string of the molecule is Cc1ccc(NC(=O)[C@@H](c2ccccc2)N2CCN(c3ccc(O)cc3)CC2)cc1. The van der Waals surface area contributed by atoms with Crippen molar-refractivity contribution < 1.29 is 9.90 Å². The van der Waals surface area contributed by atoms with E-state index in [0.717, 1.165) is 48.7 Å². The quantitative estimate of drug-likeness (QED) is 0.673. The highest BCUT2D eigenvalue weighted by Gasteiger charge is 2.30. The molecular formula is C25H27N3O2. The Bertz CT molecular complexity index is 964. The second kappa shape index (κ2) is 9.01. The zero-order chi connectivity index (χ0) is 20.9. The number of piperazine rings is 1. The number of amides is 1. The number of hydrogen-bond donors (Lipinski definition) is 2. The largest absolute Gasteiger partial charge is 0.508 e. The van der Waals surface area contributed by atoms with Gasteiger partial charge in [-0.15, -0.1) is 0 Å². The van der Waals surface area contributed by atoms with Crippen LogP contribution in [0.3, 0.4) is 0 Å². The maximum Gasteiger partial charge on any atom is 0.246 e. The fourth-order valence-corrected chi connectivity index (χ4v) is 3.91. The second-order valence-corrected chi connectivity index (χ2v) is 7.71. The van der Waals surface area contributed by atoms with E-state index in [4.69, 9.17) is 0 Å². The highest BCUT2D eigenvalue weighted by atomic mass is 16.3. The molecular weight excluding hydrogens is 374 g/mol. The number of rotatable bonds is 5. The van der Waals surface area contributed by atoms with E-state index in [2.05, 4.69) is 15.1 Å². The normalized spacial score (nSPS) is 15.6. The van der Waals surface area contributed by atoms with Gasteiger partial charge in [-0.1, -0.05) is 48.0 Å². The molecule has 0 radical (unpaired) electrons. The Balaban J connectivity index is 1.50. The Kier molecular flexibility index (Phi) is 6.00. The molecule has 0 saturated carbocycles. The fourth-order valence-electron chi connectivity index (χ4n) is 3.91. The van der Waals surface area contributed by atoms with E-state index in [1.165, 1.54) is 0 Å². The van der Waals surface area contributed by atoms with Crippen molar-refractivity contribution in [3.63, 3.8) is 0 Å². The average molecular weight is 402 g/mol. The number of nitrogens with zero attached hydrogens (tertiary/aromatic N) is 2. The highest BCUT2D eigenvalue weighted by Crippen LogP contribution is 2.26. The van der Waals surface area contributed by atoms with Gasteiger partial charge in [-0.2, -0.15) is 0 Å². The first-order valence-corrected chi connectivity index (χ1v) is 10.3. The first-order valence-electron chi connectivity index (χ1n) is 10.3. The van der Waals surface area contributed by atoms with E-state index >= 15 is 0 Å². The molecule has 1 saturated heterocycles. The standard InChI is InChI=1S/C25H27N3O2/c1-19-7-9-21(10-8-19)26-25(30)24(20-5-3-2-4-6-20)28-17-15-27(16-18-28)22-11-13-23(29)14-12-22/h2-14,24,29H,15-18H2,1H3,(H,26,30)/t24-/m1/s1. The van der Waals surface area contributed by atoms with E-state index in [9.17, 15) is 9.90 Å². The van der Waals surface area contributed by atoms with Crippen LogP contribution in [0.5, 0.6) is 5.75 Å². The van der Waals surface area contributed by atoms with Crippen molar-refractivity contribution in [2.75, 3.05) is 36.4 Å². The van der Waals surface area contributed by atoms with Crippen LogP contribution in [-0.2, 0) is 4.79 Å². The summed E-state index contributed by atoms with van der Waals surface area (Å²) in [4.78, 5) is 17.8. The molecule has 154 valence electrons. The molecule has 1 heterocycles. The van der Waals surface area contributed by atoms with Gasteiger partial charge in [0.05, 0.1) is 0 Å². The summed E-state index contributed by atoms with van der Waals surface area (Å²) >= 11 is 0. The summed E-state index contributed by atoms with van der Waals surface area (Å²) in [7, 11) is 0. The molecule has 0 unspecified atom stereocenters. The predicted molar refractivity (Wildman–Crippen MR) is 121 cm³/mol. The number of carbonyl (C=O) groups excluding carboxylic acids is 1. The molecule has 0 aliphatic carbocycles. The highest BCUT2D eigenvalue weighted by molar-refractivity contribution is 5.95. The molecule has 2 N–H and O–H groups in total. The number of nitrogens with one attached hydrogen (secondary N) is 1. The van der Waals surface area contributed by atoms with Crippen molar-refractivity contribution >= 4 is 17.3 Å². The lowest BCUT2D eigenvalue weighted by atomic mass is 10.0. The molecule has 3 aromatic carbocycles. The van der Waals surface area contributed by atoms with Crippen LogP contribution in [-0.4, -0.2) is 42.1 Å². The molecule has 1 aliphatic rings. The number of hydrogen-bond acceptors (Lipinski definition) is 4. The second-order valence-electron chi connectivity index (χ2n) is 7.71. The average Bonchev–Trinajstić information content (AvgIpc) is 2.77. The number of phenols is 1. The van der Waals surface area contributed by atoms with Gasteiger partial charge in [-0.3, -0.25) is 9.69 Å². The number of aryl methyl sites for hydroxylation is 1. The van der Waals surface area contributed by atoms with Crippen LogP contribution in [0.15, 0.2) is 78.9 Å². The van der Waals surface area contributed by atoms with Gasteiger partial charge in [0, 0.05) is 37.6 Å². The Hall–Kier alpha value is -3.31. The minimum atomic E-state index is -0.338. The van der Waals surface area contributed by atoms with E-state index in [-0.39, 0.29) is 17.7 Å². The third-order valence-electron chi connectivity index (χ3n) is 5.58. The summed E-state index contributed by atoms with van der Waals surface area (Å²) in [5.41, 5.74) is 4.07. The lowest BCUT2D eigenvalue weighted by molar-refractivity contribution is -0.121. The van der Waals surface area contributed by atoms with E-state index in [1.807, 2.05) is 73.7 Å². The molecule has 1 aliphatic heterocycles. The number of phenolic OH excluding ortho intramolecular Hbond substituents is 1. The van der Waals surface area contributed by atoms with Gasteiger partial charge in [-0.05, 0) is 48.9 Å². The van der Waals surface area contributed by atoms with Crippen molar-refractivity contribution in [3.8, 4) is 5.75 Å². The van der Waals surface area contributed by atoms with E-state index < -0.39 is 0 Å². The zero-order valence-electron chi connectivity index (χ0n) is 17.2. The summed E-state index contributed by atoms with van der Waals surface area (Å²) in [5, 5.41) is 12.6. The van der Waals surface area contributed by atoms with Crippen molar-refractivity contribution in [2.45, 2.75) is 13.0 Å². The Labute approximate surface area is 177 Å². The molecule has 1 atom stereocenters. The molecule has 1 fully saturated rings. The maximum atomic E-state index is 13.3. The number of benzene rings is 3. The summed E-state index contributed by atoms with van der Waals surface area (Å²) < 4.78 is 0. The van der Waals surface area contributed by atoms with Crippen LogP contribution < -0.4 is 10.2 Å². The molecule has 4 rings (SSSR count). The van der Waals surface area contributed by atoms with Crippen LogP contribution in [0, 0.1) is 6.92 Å². The van der Waals surface area contributed by atoms with Crippen LogP contribution in [0.2, 0.25) is 0 Å². The van der Waals surface area contributed by atoms with E-state index in [1.54, 1.807) is 12.1 Å². The van der Waals surface area contributed by atoms with Gasteiger partial charge in [0.2, 0.25) is 5.91 Å². The third kappa shape index (κ3) is 4.63. The Morgan fingerprint density at radius 2 is 1.50 bits per heavy atom. The van der Waals surface area contributed by atoms with Gasteiger partial charge in [-0.25, -0.2) is 0 Å². The summed E-state index contributed by atoms with van der Waals surface area (Å²) in [5.74, 6) is 0.262. The van der Waals surface area contributed by atoms with Gasteiger partial charge >= 0.3 is 0 Å². The molecule has 3 aromatic rings. The van der Waals surface area contributed by atoms with Crippen molar-refractivity contribution in [1.82, 2.24) is 4.90 Å². The van der Waals surface area contributed by atoms with Gasteiger partial charge in [0.25, 0.3) is 0 Å². The monoisotopic (exact) mass is 401 g/mol. The van der Waals surface area contributed by atoms with Gasteiger partial charge in [0.15, 0.2) is 0 Å². The number of aromatic hydroxyl groups is 1. The van der Waals surface area contributed by atoms with Crippen molar-refractivity contribution in [2.24, 2.45) is 0 Å². The number of carbonyl (C=O) groups is 1. The van der Waals surface area contributed by atoms with Crippen molar-refractivity contribution in [1.29, 1.82) is 0 Å². The van der Waals surface area contributed by atoms with Crippen LogP contribution in [0.25, 0.3) is 0 Å². The molecule has 0 spiro atoms. The lowest BCUT2D eigenvalue weighted by Gasteiger charge is -2.39. The summed E-state index contributed by atoms with van der Waals surface area (Å²) in [6.45, 7) is 5.24. The van der Waals surface area contributed by atoms with Crippen LogP contribution in [0.4, 0.5) is 11.4 Å². The zero-order valence-corrected chi connectivity index (χ0v) is 17.2. The molecule has 0 aromatic heterocycles. The molecule has 5 heteroatoms. The molecule has 5 nitrogen and oxygen atoms in total. The van der Waals surface area contributed by atoms with E-state index in [0.29, 0.717) is 0 Å². The minimum Gasteiger partial charge on any atom is -0.508 e. The fraction of sp³-hybridized carbons (Fsp3) is 0.240. The first-order chi connectivity index (χ1) is 14.6. The number of anilines is 2. The van der Waals surface area contributed by atoms with Crippen LogP contribution >= 0.6 is 0 Å². The first kappa shape index (κ1) is 20.0. The maximum absolute atomic E-state index is 13.3. The smallest absolute Gasteiger partial charge is 0.246 e. The van der Waals surface area contributed by atoms with Crippen molar-refractivity contribution in [3.05, 3.63) is 90.0 Å². The Morgan fingerprint density at radius 3 is 2.13 bits per heavy atom. The van der Waals surface area contributed by atoms with Gasteiger partial charge < -0.3 is 15.3 Å². The molecule has 1 amide bonds. The van der Waals surface area contributed by atoms with Crippen LogP contribution in [0.1, 0.15) is 17.2 Å². The third-order valence-corrected chi connectivity index (χ3v) is 5.58. The lowest BCUT2D eigenvalue weighted by Crippen LogP contribution is -2.50.